The van der Waals surface area contributed by atoms with Crippen molar-refractivity contribution >= 4 is 23.2 Å². The van der Waals surface area contributed by atoms with E-state index in [1.54, 1.807) is 17.5 Å². The summed E-state index contributed by atoms with van der Waals surface area (Å²) in [7, 11) is 1.96. The van der Waals surface area contributed by atoms with Gasteiger partial charge in [0.15, 0.2) is 0 Å². The third kappa shape index (κ3) is 5.29. The van der Waals surface area contributed by atoms with E-state index in [1.807, 2.05) is 51.8 Å². The average molecular weight is 452 g/mol. The topological polar surface area (TPSA) is 88.3 Å². The zero-order valence-corrected chi connectivity index (χ0v) is 17.3. The van der Waals surface area contributed by atoms with E-state index in [1.165, 1.54) is 5.56 Å². The van der Waals surface area contributed by atoms with Crippen molar-refractivity contribution in [1.82, 2.24) is 19.7 Å². The number of aliphatic carboxylic acids is 1. The lowest BCUT2D eigenvalue weighted by molar-refractivity contribution is -0.192. The van der Waals surface area contributed by atoms with Gasteiger partial charge in [0, 0.05) is 42.5 Å². The molecule has 0 radical (unpaired) electrons. The van der Waals surface area contributed by atoms with Crippen molar-refractivity contribution in [2.24, 2.45) is 7.05 Å². The fourth-order valence-corrected chi connectivity index (χ4v) is 3.88. The van der Waals surface area contributed by atoms with Crippen LogP contribution in [0.15, 0.2) is 41.4 Å². The van der Waals surface area contributed by atoms with Gasteiger partial charge in [-0.3, -0.25) is 14.5 Å². The number of carboxylic acid groups (broad SMARTS) is 1. The van der Waals surface area contributed by atoms with Crippen LogP contribution in [0.2, 0.25) is 0 Å². The zero-order valence-electron chi connectivity index (χ0n) is 16.5. The largest absolute Gasteiger partial charge is 0.490 e. The molecule has 3 aromatic heterocycles. The number of carbonyl (C=O) groups is 2. The molecule has 0 atom stereocenters. The van der Waals surface area contributed by atoms with Crippen LogP contribution in [0.4, 0.5) is 13.2 Å². The number of alkyl halides is 3. The minimum Gasteiger partial charge on any atom is -0.475 e. The maximum atomic E-state index is 12.7. The summed E-state index contributed by atoms with van der Waals surface area (Å²) >= 11 is 1.56. The highest BCUT2D eigenvalue weighted by molar-refractivity contribution is 7.08. The Morgan fingerprint density at radius 2 is 2.00 bits per heavy atom. The lowest BCUT2D eigenvalue weighted by Crippen LogP contribution is -2.31. The second-order valence-corrected chi connectivity index (χ2v) is 7.56. The van der Waals surface area contributed by atoms with E-state index in [4.69, 9.17) is 15.0 Å². The first-order valence-electron chi connectivity index (χ1n) is 9.25. The number of pyridine rings is 1. The molecule has 164 valence electrons. The molecule has 4 rings (SSSR count). The van der Waals surface area contributed by atoms with Crippen molar-refractivity contribution in [1.29, 1.82) is 0 Å². The summed E-state index contributed by atoms with van der Waals surface area (Å²) in [6, 6.07) is 5.86. The third-order valence-corrected chi connectivity index (χ3v) is 5.39. The van der Waals surface area contributed by atoms with Crippen LogP contribution in [0.3, 0.4) is 0 Å². The van der Waals surface area contributed by atoms with E-state index in [9.17, 15) is 18.0 Å². The molecule has 3 aromatic rings. The number of aromatic nitrogens is 3. The van der Waals surface area contributed by atoms with Gasteiger partial charge in [-0.2, -0.15) is 29.6 Å². The molecule has 0 spiro atoms. The van der Waals surface area contributed by atoms with Crippen LogP contribution in [0.1, 0.15) is 28.0 Å². The molecule has 0 fully saturated rings. The Labute approximate surface area is 179 Å². The number of hydrogen-bond acceptors (Lipinski definition) is 5. The van der Waals surface area contributed by atoms with E-state index in [0.717, 1.165) is 41.9 Å². The van der Waals surface area contributed by atoms with E-state index < -0.39 is 12.1 Å². The fourth-order valence-electron chi connectivity index (χ4n) is 3.25. The Balaban J connectivity index is 0.000000339. The predicted octanol–water partition coefficient (Wildman–Crippen LogP) is 3.77. The number of hydrogen-bond donors (Lipinski definition) is 1. The van der Waals surface area contributed by atoms with Gasteiger partial charge in [-0.1, -0.05) is 0 Å². The Morgan fingerprint density at radius 3 is 2.58 bits per heavy atom. The van der Waals surface area contributed by atoms with Crippen molar-refractivity contribution in [2.45, 2.75) is 25.6 Å². The predicted molar refractivity (Wildman–Crippen MR) is 108 cm³/mol. The zero-order chi connectivity index (χ0) is 22.6. The van der Waals surface area contributed by atoms with Gasteiger partial charge in [0.25, 0.3) is 5.91 Å². The molecule has 0 bridgehead atoms. The van der Waals surface area contributed by atoms with Crippen molar-refractivity contribution < 1.29 is 27.9 Å². The summed E-state index contributed by atoms with van der Waals surface area (Å²) in [6.45, 7) is 1.38. The van der Waals surface area contributed by atoms with Crippen LogP contribution in [0.5, 0.6) is 0 Å². The van der Waals surface area contributed by atoms with E-state index in [-0.39, 0.29) is 5.91 Å². The molecule has 7 nitrogen and oxygen atoms in total. The quantitative estimate of drug-likeness (QED) is 0.640. The average Bonchev–Trinajstić information content (AvgIpc) is 3.30. The number of rotatable bonds is 2. The molecule has 0 saturated carbocycles. The van der Waals surface area contributed by atoms with Crippen LogP contribution in [-0.2, 0) is 24.8 Å². The first-order valence-corrected chi connectivity index (χ1v) is 10.2. The summed E-state index contributed by atoms with van der Waals surface area (Å²) in [5.74, 6) is -2.65. The highest BCUT2D eigenvalue weighted by Gasteiger charge is 2.38. The van der Waals surface area contributed by atoms with Gasteiger partial charge in [-0.15, -0.1) is 0 Å². The van der Waals surface area contributed by atoms with E-state index >= 15 is 0 Å². The maximum Gasteiger partial charge on any atom is 0.490 e. The van der Waals surface area contributed by atoms with Gasteiger partial charge >= 0.3 is 12.1 Å². The second-order valence-electron chi connectivity index (χ2n) is 6.78. The minimum atomic E-state index is -5.08. The Bertz CT molecular complexity index is 1050. The monoisotopic (exact) mass is 452 g/mol. The van der Waals surface area contributed by atoms with Crippen molar-refractivity contribution in [3.05, 3.63) is 58.2 Å². The Kier molecular flexibility index (Phi) is 6.74. The van der Waals surface area contributed by atoms with Gasteiger partial charge in [0.05, 0.1) is 23.5 Å². The number of carbonyl (C=O) groups excluding carboxylic acids is 1. The van der Waals surface area contributed by atoms with Gasteiger partial charge in [-0.25, -0.2) is 4.79 Å². The standard InChI is InChI=1S/C18H18N4OS.C2HF3O2/c1-21-16-11-22(18(23)14-6-9-24-12-14)8-3-5-15(16)17(20-21)13-4-2-7-19-10-13;3-2(4,5)1(6)7/h2,4,6-7,9-10,12H,3,5,8,11H2,1H3;(H,6,7). The van der Waals surface area contributed by atoms with Crippen LogP contribution >= 0.6 is 11.3 Å². The van der Waals surface area contributed by atoms with Gasteiger partial charge < -0.3 is 10.0 Å². The maximum absolute atomic E-state index is 12.7. The first-order chi connectivity index (χ1) is 14.7. The number of aryl methyl sites for hydroxylation is 1. The SMILES string of the molecule is Cn1nc(-c2cccnc2)c2c1CN(C(=O)c1ccsc1)CCC2.O=C(O)C(F)(F)F. The molecule has 1 N–H and O–H groups in total. The molecule has 0 saturated heterocycles. The molecular weight excluding hydrogens is 433 g/mol. The van der Waals surface area contributed by atoms with Crippen LogP contribution < -0.4 is 0 Å². The molecule has 1 aliphatic heterocycles. The van der Waals surface area contributed by atoms with Crippen LogP contribution in [0.25, 0.3) is 11.3 Å². The lowest BCUT2D eigenvalue weighted by atomic mass is 10.0. The van der Waals surface area contributed by atoms with E-state index in [0.29, 0.717) is 6.54 Å². The summed E-state index contributed by atoms with van der Waals surface area (Å²) in [6.07, 6.45) is 0.413. The molecule has 11 heteroatoms. The minimum absolute atomic E-state index is 0.105. The summed E-state index contributed by atoms with van der Waals surface area (Å²) in [5.41, 5.74) is 5.16. The van der Waals surface area contributed by atoms with Crippen LogP contribution in [0, 0.1) is 0 Å². The van der Waals surface area contributed by atoms with Crippen molar-refractivity contribution in [2.75, 3.05) is 6.54 Å². The number of carboxylic acids is 1. The second kappa shape index (κ2) is 9.29. The van der Waals surface area contributed by atoms with Gasteiger partial charge in [0.2, 0.25) is 0 Å². The smallest absolute Gasteiger partial charge is 0.475 e. The molecular formula is C20H19F3N4O3S. The van der Waals surface area contributed by atoms with Gasteiger partial charge in [-0.05, 0) is 36.4 Å². The Hall–Kier alpha value is -3.21. The van der Waals surface area contributed by atoms with Crippen molar-refractivity contribution in [3.63, 3.8) is 0 Å². The molecule has 0 aliphatic carbocycles. The molecule has 0 unspecified atom stereocenters. The van der Waals surface area contributed by atoms with Crippen molar-refractivity contribution in [3.8, 4) is 11.3 Å². The summed E-state index contributed by atoms with van der Waals surface area (Å²) < 4.78 is 33.6. The van der Waals surface area contributed by atoms with Gasteiger partial charge in [0.1, 0.15) is 0 Å². The van der Waals surface area contributed by atoms with E-state index in [2.05, 4.69) is 4.98 Å². The normalized spacial score (nSPS) is 13.6. The number of fused-ring (bicyclic) bond motifs is 1. The third-order valence-electron chi connectivity index (χ3n) is 4.70. The number of thiophene rings is 1. The lowest BCUT2D eigenvalue weighted by Gasteiger charge is -2.20. The molecule has 0 aromatic carbocycles. The summed E-state index contributed by atoms with van der Waals surface area (Å²) in [4.78, 5) is 27.7. The molecule has 31 heavy (non-hydrogen) atoms. The summed E-state index contributed by atoms with van der Waals surface area (Å²) in [5, 5.41) is 15.7. The molecule has 4 heterocycles. The molecule has 1 aliphatic rings. The highest BCUT2D eigenvalue weighted by atomic mass is 32.1. The fraction of sp³-hybridized carbons (Fsp3) is 0.300. The number of nitrogens with zero attached hydrogens (tertiary/aromatic N) is 4. The number of halogens is 3. The highest BCUT2D eigenvalue weighted by Crippen LogP contribution is 2.29. The number of amides is 1. The van der Waals surface area contributed by atoms with Crippen LogP contribution in [-0.4, -0.2) is 49.4 Å². The first kappa shape index (κ1) is 22.5. The Morgan fingerprint density at radius 1 is 1.26 bits per heavy atom. The molecule has 1 amide bonds.